The number of fused-ring (bicyclic) bond motifs is 8. The number of hydrogen-bond donors (Lipinski definition) is 1. The van der Waals surface area contributed by atoms with Crippen LogP contribution in [0.25, 0.3) is 0 Å². The van der Waals surface area contributed by atoms with E-state index in [-0.39, 0.29) is 24.1 Å². The number of piperidine rings is 1. The third-order valence-corrected chi connectivity index (χ3v) is 7.57. The highest BCUT2D eigenvalue weighted by Gasteiger charge is 2.36. The number of nitrogens with one attached hydrogen (secondary N) is 1. The van der Waals surface area contributed by atoms with Gasteiger partial charge in [-0.3, -0.25) is 4.79 Å². The Morgan fingerprint density at radius 1 is 1.09 bits per heavy atom. The molecule has 8 nitrogen and oxygen atoms in total. The van der Waals surface area contributed by atoms with Crippen LogP contribution in [0.15, 0.2) is 18.2 Å². The van der Waals surface area contributed by atoms with E-state index in [0.29, 0.717) is 44.4 Å². The van der Waals surface area contributed by atoms with Crippen molar-refractivity contribution in [2.45, 2.75) is 81.9 Å². The number of pyridine rings is 1. The Balaban J connectivity index is 1.51. The van der Waals surface area contributed by atoms with Crippen molar-refractivity contribution in [2.75, 3.05) is 26.0 Å². The molecule has 4 bridgehead atoms. The highest BCUT2D eigenvalue weighted by molar-refractivity contribution is 7.88. The van der Waals surface area contributed by atoms with E-state index in [4.69, 9.17) is 14.5 Å². The Kier molecular flexibility index (Phi) is 7.68. The van der Waals surface area contributed by atoms with Gasteiger partial charge in [0.05, 0.1) is 31.6 Å². The predicted molar refractivity (Wildman–Crippen MR) is 121 cm³/mol. The van der Waals surface area contributed by atoms with Gasteiger partial charge in [0.2, 0.25) is 21.8 Å². The molecule has 4 heterocycles. The fourth-order valence-corrected chi connectivity index (χ4v) is 6.01. The molecule has 0 radical (unpaired) electrons. The smallest absolute Gasteiger partial charge is 0.222 e. The van der Waals surface area contributed by atoms with E-state index in [1.807, 2.05) is 17.0 Å². The van der Waals surface area contributed by atoms with Gasteiger partial charge in [0, 0.05) is 36.7 Å². The number of carbonyl (C=O) groups is 1. The molecular weight excluding hydrogens is 430 g/mol. The Bertz CT molecular complexity index is 885. The van der Waals surface area contributed by atoms with Crippen molar-refractivity contribution in [1.82, 2.24) is 14.6 Å². The van der Waals surface area contributed by atoms with E-state index >= 15 is 0 Å². The molecule has 1 amide bonds. The largest absolute Gasteiger partial charge is 0.478 e. The second-order valence-corrected chi connectivity index (χ2v) is 11.1. The van der Waals surface area contributed by atoms with Crippen LogP contribution < -0.4 is 9.46 Å². The van der Waals surface area contributed by atoms with Crippen molar-refractivity contribution >= 4 is 15.9 Å². The SMILES string of the molecule is CS(=O)(=O)NC1CCCN2C(=O)CCCCOc3cccc(n3)C3CCC(CC3)OCC12. The van der Waals surface area contributed by atoms with Gasteiger partial charge in [0.25, 0.3) is 0 Å². The average molecular weight is 466 g/mol. The van der Waals surface area contributed by atoms with Crippen LogP contribution in [-0.4, -0.2) is 68.4 Å². The first-order chi connectivity index (χ1) is 15.4. The summed E-state index contributed by atoms with van der Waals surface area (Å²) in [6, 6.07) is 5.39. The normalized spacial score (nSPS) is 30.3. The predicted octanol–water partition coefficient (Wildman–Crippen LogP) is 2.60. The van der Waals surface area contributed by atoms with Crippen molar-refractivity contribution in [2.24, 2.45) is 0 Å². The van der Waals surface area contributed by atoms with E-state index in [9.17, 15) is 13.2 Å². The van der Waals surface area contributed by atoms with E-state index in [2.05, 4.69) is 10.8 Å². The summed E-state index contributed by atoms with van der Waals surface area (Å²) in [5, 5.41) is 0. The molecule has 1 aliphatic carbocycles. The highest BCUT2D eigenvalue weighted by Crippen LogP contribution is 2.34. The second-order valence-electron chi connectivity index (χ2n) is 9.31. The van der Waals surface area contributed by atoms with E-state index in [1.165, 1.54) is 6.26 Å². The first-order valence-corrected chi connectivity index (χ1v) is 13.8. The molecule has 178 valence electrons. The third kappa shape index (κ3) is 6.20. The number of aromatic nitrogens is 1. The van der Waals surface area contributed by atoms with E-state index in [1.54, 1.807) is 0 Å². The van der Waals surface area contributed by atoms with Gasteiger partial charge in [-0.1, -0.05) is 6.07 Å². The van der Waals surface area contributed by atoms with Gasteiger partial charge in [-0.15, -0.1) is 0 Å². The lowest BCUT2D eigenvalue weighted by Crippen LogP contribution is -2.59. The maximum Gasteiger partial charge on any atom is 0.222 e. The van der Waals surface area contributed by atoms with Crippen molar-refractivity contribution in [1.29, 1.82) is 0 Å². The van der Waals surface area contributed by atoms with Crippen LogP contribution in [0, 0.1) is 0 Å². The van der Waals surface area contributed by atoms with Gasteiger partial charge in [0.1, 0.15) is 0 Å². The molecule has 2 atom stereocenters. The summed E-state index contributed by atoms with van der Waals surface area (Å²) in [5.74, 6) is 1.12. The first kappa shape index (κ1) is 23.4. The quantitative estimate of drug-likeness (QED) is 0.721. The summed E-state index contributed by atoms with van der Waals surface area (Å²) in [4.78, 5) is 19.6. The fraction of sp³-hybridized carbons (Fsp3) is 0.739. The summed E-state index contributed by atoms with van der Waals surface area (Å²) >= 11 is 0. The molecule has 9 heteroatoms. The van der Waals surface area contributed by atoms with E-state index < -0.39 is 10.0 Å². The molecule has 2 fully saturated rings. The van der Waals surface area contributed by atoms with Crippen molar-refractivity contribution < 1.29 is 22.7 Å². The molecule has 4 aliphatic rings. The second kappa shape index (κ2) is 10.5. The van der Waals surface area contributed by atoms with Crippen LogP contribution >= 0.6 is 0 Å². The van der Waals surface area contributed by atoms with E-state index in [0.717, 1.165) is 50.6 Å². The molecule has 1 aromatic rings. The van der Waals surface area contributed by atoms with Gasteiger partial charge < -0.3 is 14.4 Å². The summed E-state index contributed by atoms with van der Waals surface area (Å²) in [5.41, 5.74) is 1.08. The maximum absolute atomic E-state index is 13.0. The molecule has 32 heavy (non-hydrogen) atoms. The maximum atomic E-state index is 13.0. The van der Waals surface area contributed by atoms with Crippen LogP contribution in [0.1, 0.15) is 69.4 Å². The van der Waals surface area contributed by atoms with Gasteiger partial charge in [-0.2, -0.15) is 0 Å². The van der Waals surface area contributed by atoms with Crippen LogP contribution in [0.3, 0.4) is 0 Å². The minimum Gasteiger partial charge on any atom is -0.478 e. The van der Waals surface area contributed by atoms with Crippen molar-refractivity contribution in [3.8, 4) is 5.88 Å². The zero-order valence-electron chi connectivity index (χ0n) is 18.9. The molecule has 1 saturated carbocycles. The number of ether oxygens (including phenoxy) is 2. The van der Waals surface area contributed by atoms with Crippen LogP contribution in [-0.2, 0) is 19.6 Å². The molecule has 1 saturated heterocycles. The van der Waals surface area contributed by atoms with Gasteiger partial charge >= 0.3 is 0 Å². The summed E-state index contributed by atoms with van der Waals surface area (Å²) in [6.07, 6.45) is 8.57. The minimum absolute atomic E-state index is 0.0618. The Morgan fingerprint density at radius 2 is 1.91 bits per heavy atom. The molecular formula is C23H35N3O5S. The number of sulfonamides is 1. The monoisotopic (exact) mass is 465 g/mol. The van der Waals surface area contributed by atoms with Crippen LogP contribution in [0.4, 0.5) is 0 Å². The Labute approximate surface area is 191 Å². The highest BCUT2D eigenvalue weighted by atomic mass is 32.2. The molecule has 5 rings (SSSR count). The molecule has 3 aliphatic heterocycles. The lowest BCUT2D eigenvalue weighted by molar-refractivity contribution is -0.138. The Hall–Kier alpha value is -1.71. The molecule has 1 N–H and O–H groups in total. The van der Waals surface area contributed by atoms with Crippen molar-refractivity contribution in [3.05, 3.63) is 23.9 Å². The third-order valence-electron chi connectivity index (χ3n) is 6.84. The fourth-order valence-electron chi connectivity index (χ4n) is 5.18. The molecule has 0 spiro atoms. The summed E-state index contributed by atoms with van der Waals surface area (Å²) < 4.78 is 38.8. The average Bonchev–Trinajstić information content (AvgIpc) is 2.77. The molecule has 1 aromatic heterocycles. The topological polar surface area (TPSA) is 97.8 Å². The zero-order valence-corrected chi connectivity index (χ0v) is 19.7. The summed E-state index contributed by atoms with van der Waals surface area (Å²) in [6.45, 7) is 1.54. The number of carbonyl (C=O) groups excluding carboxylic acids is 1. The van der Waals surface area contributed by atoms with Gasteiger partial charge in [-0.25, -0.2) is 18.1 Å². The number of nitrogens with zero attached hydrogens (tertiary/aromatic N) is 2. The number of rotatable bonds is 2. The lowest BCUT2D eigenvalue weighted by Gasteiger charge is -2.42. The number of amides is 1. The van der Waals surface area contributed by atoms with Gasteiger partial charge in [0.15, 0.2) is 0 Å². The van der Waals surface area contributed by atoms with Crippen LogP contribution in [0.5, 0.6) is 5.88 Å². The standard InChI is InChI=1S/C23H35N3O5S/c1-32(28,29)25-20-7-5-14-26-21(20)16-31-18-12-10-17(11-13-18)19-6-4-8-22(24-19)30-15-3-2-9-23(26)27/h4,6,8,17-18,20-21,25H,2-3,5,7,9-16H2,1H3. The molecule has 2 unspecified atom stereocenters. The van der Waals surface area contributed by atoms with Gasteiger partial charge in [-0.05, 0) is 57.4 Å². The molecule has 0 aromatic carbocycles. The first-order valence-electron chi connectivity index (χ1n) is 11.9. The number of hydrogen-bond acceptors (Lipinski definition) is 6. The summed E-state index contributed by atoms with van der Waals surface area (Å²) in [7, 11) is -3.37. The minimum atomic E-state index is -3.37. The Morgan fingerprint density at radius 3 is 2.69 bits per heavy atom. The zero-order chi connectivity index (χ0) is 22.6. The van der Waals surface area contributed by atoms with Crippen molar-refractivity contribution in [3.63, 3.8) is 0 Å². The lowest BCUT2D eigenvalue weighted by atomic mass is 9.85. The van der Waals surface area contributed by atoms with Crippen LogP contribution in [0.2, 0.25) is 0 Å².